The van der Waals surface area contributed by atoms with E-state index in [0.29, 0.717) is 0 Å². The zero-order chi connectivity index (χ0) is 33.8. The van der Waals surface area contributed by atoms with Crippen LogP contribution < -0.4 is 0 Å². The van der Waals surface area contributed by atoms with E-state index in [-0.39, 0.29) is 26.4 Å². The molecule has 46 heavy (non-hydrogen) atoms. The Morgan fingerprint density at radius 1 is 0.500 bits per heavy atom. The highest BCUT2D eigenvalue weighted by atomic mass is 31.0. The van der Waals surface area contributed by atoms with Crippen LogP contribution in [-0.2, 0) is 69.1 Å². The highest BCUT2D eigenvalue weighted by Gasteiger charge is 2.56. The van der Waals surface area contributed by atoms with Gasteiger partial charge in [0.15, 0.2) is 18.9 Å². The SMILES string of the molecule is C=CCO[C@@H]1OC(COP)[C@@H](O[C@@H]2OC(COP)[C@H](O[C@H]3OC(COP)[C@H](OP)[C@H](O)C3OP)[C@H](OP)C2OP)[C@H](OP)C1OP. The third kappa shape index (κ3) is 10.8. The van der Waals surface area contributed by atoms with E-state index >= 15 is 0 Å². The third-order valence-corrected chi connectivity index (χ3v) is 9.95. The van der Waals surface area contributed by atoms with Gasteiger partial charge in [0.05, 0.1) is 26.4 Å². The standard InChI is InChI=1S/C21H45O16P9/c1-2-3-23-19-17(36-45)15(34-43)12(8(27-19)5-25-39)31-21-18(37-46)16(35-44)13(9(29-21)6-26-40)30-20-14(33-42)10(22)11(32-41)7(28-20)4-24-38/h2,7-22H,1,3-6,38-46H2/t7?,8?,9?,10-,11-,12+,13-,14?,15-,16-,17?,18?,19+,20+,21-/m0/s1. The Labute approximate surface area is 290 Å². The van der Waals surface area contributed by atoms with Gasteiger partial charge < -0.3 is 74.2 Å². The lowest BCUT2D eigenvalue weighted by atomic mass is 9.96. The second-order valence-electron chi connectivity index (χ2n) is 10.0. The summed E-state index contributed by atoms with van der Waals surface area (Å²) in [5.74, 6) is 0. The van der Waals surface area contributed by atoms with E-state index in [2.05, 4.69) is 91.8 Å². The minimum atomic E-state index is -1.16. The first-order valence-corrected chi connectivity index (χ1v) is 17.8. The van der Waals surface area contributed by atoms with Gasteiger partial charge in [-0.05, 0) is 0 Å². The van der Waals surface area contributed by atoms with Crippen LogP contribution in [-0.4, -0.2) is 124 Å². The Balaban J connectivity index is 1.91. The third-order valence-electron chi connectivity index (χ3n) is 7.48. The molecule has 0 aromatic carbocycles. The summed E-state index contributed by atoms with van der Waals surface area (Å²) in [6, 6.07) is 0. The maximum atomic E-state index is 11.1. The van der Waals surface area contributed by atoms with Crippen molar-refractivity contribution >= 4 is 85.2 Å². The molecule has 3 rings (SSSR count). The van der Waals surface area contributed by atoms with Gasteiger partial charge in [-0.25, -0.2) is 0 Å². The van der Waals surface area contributed by atoms with Crippen LogP contribution in [0.1, 0.15) is 0 Å². The fourth-order valence-corrected chi connectivity index (χ4v) is 7.78. The number of hydrogen-bond acceptors (Lipinski definition) is 16. The van der Waals surface area contributed by atoms with Crippen molar-refractivity contribution in [1.29, 1.82) is 0 Å². The molecule has 0 aromatic heterocycles. The summed E-state index contributed by atoms with van der Waals surface area (Å²) in [6.07, 6.45) is -11.6. The minimum absolute atomic E-state index is 0.0120. The largest absolute Gasteiger partial charge is 0.387 e. The number of hydrogen-bond donors (Lipinski definition) is 1. The maximum absolute atomic E-state index is 11.1. The molecule has 3 saturated heterocycles. The van der Waals surface area contributed by atoms with Crippen LogP contribution in [0, 0.1) is 0 Å². The first-order valence-electron chi connectivity index (χ1n) is 13.6. The molecule has 0 radical (unpaired) electrons. The lowest BCUT2D eigenvalue weighted by Crippen LogP contribution is -2.67. The van der Waals surface area contributed by atoms with Gasteiger partial charge in [-0.1, -0.05) is 6.08 Å². The van der Waals surface area contributed by atoms with Gasteiger partial charge in [0.25, 0.3) is 0 Å². The first-order chi connectivity index (χ1) is 22.3. The Bertz CT molecular complexity index is 878. The Morgan fingerprint density at radius 2 is 0.870 bits per heavy atom. The molecule has 3 aliphatic heterocycles. The smallest absolute Gasteiger partial charge is 0.187 e. The molecule has 3 fully saturated rings. The average molecular weight is 832 g/mol. The normalized spacial score (nSPS) is 41.8. The molecule has 16 nitrogen and oxygen atoms in total. The van der Waals surface area contributed by atoms with Crippen LogP contribution in [0.5, 0.6) is 0 Å². The molecule has 0 amide bonds. The van der Waals surface area contributed by atoms with E-state index in [0.717, 1.165) is 0 Å². The Hall–Kier alpha value is 2.97. The second kappa shape index (κ2) is 22.9. The molecule has 3 aliphatic rings. The molecule has 0 saturated carbocycles. The fourth-order valence-electron chi connectivity index (χ4n) is 5.40. The molecular formula is C21H45O16P9. The van der Waals surface area contributed by atoms with Crippen LogP contribution in [0.2, 0.25) is 0 Å². The van der Waals surface area contributed by atoms with Crippen molar-refractivity contribution in [2.24, 2.45) is 0 Å². The predicted molar refractivity (Wildman–Crippen MR) is 192 cm³/mol. The summed E-state index contributed by atoms with van der Waals surface area (Å²) in [6.45, 7) is 4.07. The van der Waals surface area contributed by atoms with Crippen LogP contribution in [0.15, 0.2) is 12.7 Å². The highest BCUT2D eigenvalue weighted by molar-refractivity contribution is 7.11. The number of aliphatic hydroxyl groups is 1. The monoisotopic (exact) mass is 832 g/mol. The summed E-state index contributed by atoms with van der Waals surface area (Å²) in [5, 5.41) is 11.1. The van der Waals surface area contributed by atoms with Crippen LogP contribution in [0.4, 0.5) is 0 Å². The molecule has 24 atom stereocenters. The molecule has 270 valence electrons. The molecule has 15 unspecified atom stereocenters. The van der Waals surface area contributed by atoms with E-state index in [9.17, 15) is 5.11 Å². The van der Waals surface area contributed by atoms with Gasteiger partial charge in [0, 0.05) is 85.2 Å². The molecule has 0 bridgehead atoms. The zero-order valence-electron chi connectivity index (χ0n) is 24.5. The molecule has 3 heterocycles. The van der Waals surface area contributed by atoms with Gasteiger partial charge >= 0.3 is 0 Å². The summed E-state index contributed by atoms with van der Waals surface area (Å²) >= 11 is 0. The van der Waals surface area contributed by atoms with Crippen molar-refractivity contribution in [3.05, 3.63) is 12.7 Å². The maximum Gasteiger partial charge on any atom is 0.187 e. The summed E-state index contributed by atoms with van der Waals surface area (Å²) in [7, 11) is 19.6. The van der Waals surface area contributed by atoms with E-state index in [1.54, 1.807) is 6.08 Å². The average Bonchev–Trinajstić information content (AvgIpc) is 3.05. The molecule has 0 aliphatic carbocycles. The summed E-state index contributed by atoms with van der Waals surface area (Å²) in [5.41, 5.74) is 0. The van der Waals surface area contributed by atoms with E-state index < -0.39 is 92.1 Å². The summed E-state index contributed by atoms with van der Waals surface area (Å²) < 4.78 is 87.4. The molecule has 25 heteroatoms. The lowest BCUT2D eigenvalue weighted by Gasteiger charge is -2.50. The van der Waals surface area contributed by atoms with Gasteiger partial charge in [0.2, 0.25) is 0 Å². The molecule has 0 aromatic rings. The molecule has 0 spiro atoms. The van der Waals surface area contributed by atoms with Gasteiger partial charge in [0.1, 0.15) is 73.2 Å². The Kier molecular flexibility index (Phi) is 21.6. The van der Waals surface area contributed by atoms with Crippen molar-refractivity contribution in [2.45, 2.75) is 92.1 Å². The van der Waals surface area contributed by atoms with E-state index in [1.807, 2.05) is 0 Å². The van der Waals surface area contributed by atoms with Gasteiger partial charge in [-0.2, -0.15) is 0 Å². The number of ether oxygens (including phenoxy) is 6. The van der Waals surface area contributed by atoms with Crippen LogP contribution in [0.3, 0.4) is 0 Å². The highest BCUT2D eigenvalue weighted by Crippen LogP contribution is 2.39. The minimum Gasteiger partial charge on any atom is -0.387 e. The van der Waals surface area contributed by atoms with Crippen molar-refractivity contribution in [1.82, 2.24) is 0 Å². The zero-order valence-corrected chi connectivity index (χ0v) is 34.9. The molecular weight excluding hydrogens is 787 g/mol. The predicted octanol–water partition coefficient (Wildman–Crippen LogP) is 0.967. The van der Waals surface area contributed by atoms with Crippen molar-refractivity contribution in [2.75, 3.05) is 26.4 Å². The van der Waals surface area contributed by atoms with Crippen molar-refractivity contribution < 1.29 is 74.2 Å². The van der Waals surface area contributed by atoms with Crippen LogP contribution >= 0.6 is 85.2 Å². The Morgan fingerprint density at radius 3 is 1.26 bits per heavy atom. The van der Waals surface area contributed by atoms with Crippen LogP contribution in [0.25, 0.3) is 0 Å². The fraction of sp³-hybridized carbons (Fsp3) is 0.905. The summed E-state index contributed by atoms with van der Waals surface area (Å²) in [4.78, 5) is 0. The second-order valence-corrected chi connectivity index (χ2v) is 12.7. The van der Waals surface area contributed by atoms with Gasteiger partial charge in [-0.3, -0.25) is 0 Å². The topological polar surface area (TPSA) is 159 Å². The first kappa shape index (κ1) is 43.4. The number of aliphatic hydroxyl groups excluding tert-OH is 1. The van der Waals surface area contributed by atoms with Crippen molar-refractivity contribution in [3.8, 4) is 0 Å². The van der Waals surface area contributed by atoms with Gasteiger partial charge in [-0.15, -0.1) is 6.58 Å². The molecule has 1 N–H and O–H groups in total. The van der Waals surface area contributed by atoms with E-state index in [1.165, 1.54) is 0 Å². The lowest BCUT2D eigenvalue weighted by molar-refractivity contribution is -0.367. The van der Waals surface area contributed by atoms with Crippen molar-refractivity contribution in [3.63, 3.8) is 0 Å². The number of rotatable bonds is 19. The van der Waals surface area contributed by atoms with E-state index in [4.69, 9.17) is 69.1 Å². The quantitative estimate of drug-likeness (QED) is 0.145.